The molecule has 1 aromatic carbocycles. The van der Waals surface area contributed by atoms with Crippen molar-refractivity contribution in [2.45, 2.75) is 25.3 Å². The predicted molar refractivity (Wildman–Crippen MR) is 105 cm³/mol. The number of anilines is 2. The van der Waals surface area contributed by atoms with Gasteiger partial charge in [-0.15, -0.1) is 0 Å². The molecule has 0 saturated carbocycles. The highest BCUT2D eigenvalue weighted by Crippen LogP contribution is 2.35. The maximum Gasteiger partial charge on any atom is 0.265 e. The number of nitrogens with one attached hydrogen (secondary N) is 1. The normalized spacial score (nSPS) is 20.7. The largest absolute Gasteiger partial charge is 0.398 e. The summed E-state index contributed by atoms with van der Waals surface area (Å²) in [5.74, 6) is -3.89. The van der Waals surface area contributed by atoms with E-state index < -0.39 is 30.3 Å². The summed E-state index contributed by atoms with van der Waals surface area (Å²) in [6.07, 6.45) is 2.47. The molecule has 3 rings (SSSR count). The lowest BCUT2D eigenvalue weighted by atomic mass is 9.87. The molecule has 1 saturated heterocycles. The van der Waals surface area contributed by atoms with E-state index in [4.69, 9.17) is 22.6 Å². The van der Waals surface area contributed by atoms with Gasteiger partial charge in [0.25, 0.3) is 11.8 Å². The Morgan fingerprint density at radius 2 is 2.14 bits per heavy atom. The van der Waals surface area contributed by atoms with Crippen LogP contribution in [0.3, 0.4) is 0 Å². The van der Waals surface area contributed by atoms with Crippen LogP contribution in [-0.4, -0.2) is 45.8 Å². The van der Waals surface area contributed by atoms with Gasteiger partial charge in [-0.1, -0.05) is 18.5 Å². The van der Waals surface area contributed by atoms with E-state index in [0.29, 0.717) is 5.02 Å². The molecule has 2 unspecified atom stereocenters. The first kappa shape index (κ1) is 20.7. The summed E-state index contributed by atoms with van der Waals surface area (Å²) in [5.41, 5.74) is 6.27. The van der Waals surface area contributed by atoms with Crippen molar-refractivity contribution in [3.63, 3.8) is 0 Å². The van der Waals surface area contributed by atoms with Gasteiger partial charge in [0.15, 0.2) is 0 Å². The molecule has 10 heteroatoms. The molecule has 1 fully saturated rings. The second-order valence-corrected chi connectivity index (χ2v) is 7.49. The summed E-state index contributed by atoms with van der Waals surface area (Å²) in [5, 5.41) is 12.4. The molecule has 7 nitrogen and oxygen atoms in total. The van der Waals surface area contributed by atoms with Gasteiger partial charge in [-0.3, -0.25) is 4.79 Å². The monoisotopic (exact) mass is 420 g/mol. The average molecular weight is 421 g/mol. The Hall–Kier alpha value is -2.99. The fourth-order valence-corrected chi connectivity index (χ4v) is 3.54. The van der Waals surface area contributed by atoms with Gasteiger partial charge >= 0.3 is 0 Å². The Morgan fingerprint density at radius 1 is 1.45 bits per heavy atom. The third-order valence-electron chi connectivity index (χ3n) is 4.84. The minimum atomic E-state index is -3.02. The highest BCUT2D eigenvalue weighted by atomic mass is 35.5. The third-order valence-corrected chi connectivity index (χ3v) is 5.04. The summed E-state index contributed by atoms with van der Waals surface area (Å²) in [7, 11) is 0. The van der Waals surface area contributed by atoms with Crippen LogP contribution in [0.2, 0.25) is 5.02 Å². The molecule has 0 aliphatic carbocycles. The lowest BCUT2D eigenvalue weighted by Crippen LogP contribution is -2.57. The van der Waals surface area contributed by atoms with Crippen molar-refractivity contribution in [2.24, 2.45) is 5.92 Å². The first-order valence-electron chi connectivity index (χ1n) is 8.90. The minimum Gasteiger partial charge on any atom is -0.398 e. The number of piperidine rings is 1. The van der Waals surface area contributed by atoms with Crippen LogP contribution in [0.5, 0.6) is 0 Å². The molecule has 0 radical (unpaired) electrons. The second kappa shape index (κ2) is 8.17. The highest BCUT2D eigenvalue weighted by Gasteiger charge is 2.46. The van der Waals surface area contributed by atoms with Gasteiger partial charge in [-0.2, -0.15) is 5.26 Å². The molecule has 29 heavy (non-hydrogen) atoms. The number of nitrogens with zero attached hydrogens (tertiary/aromatic N) is 4. The number of hydrogen-bond acceptors (Lipinski definition) is 6. The fourth-order valence-electron chi connectivity index (χ4n) is 3.44. The molecule has 2 heterocycles. The van der Waals surface area contributed by atoms with Gasteiger partial charge in [0.2, 0.25) is 5.95 Å². The maximum atomic E-state index is 14.3. The van der Waals surface area contributed by atoms with Gasteiger partial charge in [-0.25, -0.2) is 18.7 Å². The van der Waals surface area contributed by atoms with Crippen LogP contribution in [0.25, 0.3) is 0 Å². The van der Waals surface area contributed by atoms with E-state index in [2.05, 4.69) is 15.3 Å². The minimum absolute atomic E-state index is 0.0293. The molecule has 1 aliphatic heterocycles. The van der Waals surface area contributed by atoms with Crippen LogP contribution in [0.4, 0.5) is 20.4 Å². The van der Waals surface area contributed by atoms with E-state index in [1.165, 1.54) is 30.6 Å². The van der Waals surface area contributed by atoms with E-state index >= 15 is 0 Å². The zero-order chi connectivity index (χ0) is 21.2. The van der Waals surface area contributed by atoms with Gasteiger partial charge in [0, 0.05) is 18.7 Å². The molecule has 1 aromatic heterocycles. The molecule has 2 aromatic rings. The van der Waals surface area contributed by atoms with E-state index in [-0.39, 0.29) is 35.7 Å². The number of hydrogen-bond donors (Lipinski definition) is 2. The Bertz CT molecular complexity index is 947. The number of benzene rings is 1. The topological polar surface area (TPSA) is 108 Å². The Labute approximate surface area is 171 Å². The lowest BCUT2D eigenvalue weighted by Gasteiger charge is -2.43. The van der Waals surface area contributed by atoms with Crippen molar-refractivity contribution >= 4 is 29.1 Å². The number of likely N-dealkylation sites (tertiary alicyclic amines) is 1. The Kier molecular flexibility index (Phi) is 5.84. The number of nitrogens with two attached hydrogens (primary N) is 1. The summed E-state index contributed by atoms with van der Waals surface area (Å²) in [4.78, 5) is 22.3. The number of nitrogen functional groups attached to an aromatic ring is 1. The number of amides is 1. The quantitative estimate of drug-likeness (QED) is 0.735. The van der Waals surface area contributed by atoms with Crippen LogP contribution in [0.15, 0.2) is 30.6 Å². The molecule has 1 aliphatic rings. The number of rotatable bonds is 4. The number of halogens is 3. The predicted octanol–water partition coefficient (Wildman–Crippen LogP) is 3.18. The summed E-state index contributed by atoms with van der Waals surface area (Å²) in [6, 6.07) is 5.59. The van der Waals surface area contributed by atoms with Gasteiger partial charge in [0.1, 0.15) is 0 Å². The molecule has 3 N–H and O–H groups in total. The first-order valence-corrected chi connectivity index (χ1v) is 9.28. The highest BCUT2D eigenvalue weighted by molar-refractivity contribution is 6.30. The van der Waals surface area contributed by atoms with Crippen molar-refractivity contribution in [1.82, 2.24) is 14.9 Å². The van der Waals surface area contributed by atoms with E-state index in [9.17, 15) is 13.6 Å². The smallest absolute Gasteiger partial charge is 0.265 e. The van der Waals surface area contributed by atoms with Crippen molar-refractivity contribution in [1.29, 1.82) is 5.26 Å². The first-order chi connectivity index (χ1) is 13.7. The average Bonchev–Trinajstić information content (AvgIpc) is 2.67. The molecule has 2 atom stereocenters. The van der Waals surface area contributed by atoms with Crippen LogP contribution in [-0.2, 0) is 0 Å². The molecule has 1 amide bonds. The van der Waals surface area contributed by atoms with E-state index in [1.54, 1.807) is 6.92 Å². The standard InChI is InChI=1S/C19H19ClF2N6O/c1-11-5-19(21,22)10-28(16(11)9-27-18-25-7-13(20)8-26-18)17(29)14-4-12(6-23)2-3-15(14)24/h2-4,7-8,11,16H,5,9-10,24H2,1H3,(H,25,26,27). The Morgan fingerprint density at radius 3 is 2.79 bits per heavy atom. The molecule has 152 valence electrons. The van der Waals surface area contributed by atoms with Crippen LogP contribution >= 0.6 is 11.6 Å². The summed E-state index contributed by atoms with van der Waals surface area (Å²) >= 11 is 5.76. The van der Waals surface area contributed by atoms with Gasteiger partial charge in [-0.05, 0) is 24.1 Å². The SMILES string of the molecule is CC1CC(F)(F)CN(C(=O)c2cc(C#N)ccc2N)C1CNc1ncc(Cl)cn1. The molecular formula is C19H19ClF2N6O. The van der Waals surface area contributed by atoms with Crippen molar-refractivity contribution < 1.29 is 13.6 Å². The van der Waals surface area contributed by atoms with Crippen LogP contribution in [0, 0.1) is 17.2 Å². The number of alkyl halides is 2. The second-order valence-electron chi connectivity index (χ2n) is 7.06. The molecule has 0 spiro atoms. The molecular weight excluding hydrogens is 402 g/mol. The van der Waals surface area contributed by atoms with Crippen LogP contribution in [0.1, 0.15) is 29.3 Å². The lowest BCUT2D eigenvalue weighted by molar-refractivity contribution is -0.0897. The van der Waals surface area contributed by atoms with E-state index in [1.807, 2.05) is 6.07 Å². The van der Waals surface area contributed by atoms with Gasteiger partial charge in [0.05, 0.1) is 47.2 Å². The number of carbonyl (C=O) groups excluding carboxylic acids is 1. The fraction of sp³-hybridized carbons (Fsp3) is 0.368. The number of carbonyl (C=O) groups is 1. The number of aromatic nitrogens is 2. The van der Waals surface area contributed by atoms with Crippen molar-refractivity contribution in [2.75, 3.05) is 24.1 Å². The summed E-state index contributed by atoms with van der Waals surface area (Å²) in [6.45, 7) is 1.10. The van der Waals surface area contributed by atoms with E-state index in [0.717, 1.165) is 4.90 Å². The van der Waals surface area contributed by atoms with Crippen molar-refractivity contribution in [3.8, 4) is 6.07 Å². The van der Waals surface area contributed by atoms with Crippen LogP contribution < -0.4 is 11.1 Å². The maximum absolute atomic E-state index is 14.3. The molecule has 0 bridgehead atoms. The Balaban J connectivity index is 1.88. The zero-order valence-corrected chi connectivity index (χ0v) is 16.3. The van der Waals surface area contributed by atoms with Gasteiger partial charge < -0.3 is 16.0 Å². The zero-order valence-electron chi connectivity index (χ0n) is 15.6. The number of nitriles is 1. The third kappa shape index (κ3) is 4.71. The summed E-state index contributed by atoms with van der Waals surface area (Å²) < 4.78 is 28.5. The van der Waals surface area contributed by atoms with Crippen molar-refractivity contribution in [3.05, 3.63) is 46.7 Å².